The quantitative estimate of drug-likeness (QED) is 0.562. The van der Waals surface area contributed by atoms with Crippen molar-refractivity contribution in [1.29, 1.82) is 0 Å². The monoisotopic (exact) mass is 236 g/mol. The molecule has 0 aliphatic carbocycles. The number of urea groups is 1. The Hall–Kier alpha value is -0.970. The molecule has 2 N–H and O–H groups in total. The van der Waals surface area contributed by atoms with Crippen LogP contribution < -0.4 is 10.6 Å². The Bertz CT molecular complexity index is 226. The van der Waals surface area contributed by atoms with E-state index in [-0.39, 0.29) is 6.54 Å². The largest absolute Gasteiger partial charge is 0.459 e. The lowest BCUT2D eigenvalue weighted by Crippen LogP contribution is -2.41. The molecule has 0 aliphatic heterocycles. The molecular weight excluding hydrogens is 220 g/mol. The van der Waals surface area contributed by atoms with Gasteiger partial charge in [-0.1, -0.05) is 0 Å². The summed E-state index contributed by atoms with van der Waals surface area (Å²) in [4.78, 5) is 22.1. The zero-order chi connectivity index (χ0) is 11.9. The Kier molecular flexibility index (Phi) is 6.08. The average molecular weight is 237 g/mol. The third kappa shape index (κ3) is 9.34. The summed E-state index contributed by atoms with van der Waals surface area (Å²) in [5.41, 5.74) is -0.536. The van der Waals surface area contributed by atoms with Gasteiger partial charge in [-0.15, -0.1) is 11.6 Å². The molecule has 15 heavy (non-hydrogen) atoms. The molecular formula is C9H17ClN2O3. The van der Waals surface area contributed by atoms with E-state index >= 15 is 0 Å². The molecule has 0 saturated carbocycles. The van der Waals surface area contributed by atoms with Crippen LogP contribution in [0.1, 0.15) is 20.8 Å². The van der Waals surface area contributed by atoms with E-state index in [0.29, 0.717) is 12.4 Å². The normalized spacial score (nSPS) is 10.7. The number of carbonyl (C=O) groups is 2. The lowest BCUT2D eigenvalue weighted by atomic mass is 10.2. The number of hydrogen-bond acceptors (Lipinski definition) is 3. The average Bonchev–Trinajstić information content (AvgIpc) is 2.08. The second kappa shape index (κ2) is 6.50. The summed E-state index contributed by atoms with van der Waals surface area (Å²) in [5.74, 6) is -0.136. The van der Waals surface area contributed by atoms with Crippen molar-refractivity contribution in [3.63, 3.8) is 0 Å². The van der Waals surface area contributed by atoms with Crippen molar-refractivity contribution in [2.24, 2.45) is 0 Å². The minimum absolute atomic E-state index is 0.147. The van der Waals surface area contributed by atoms with Crippen molar-refractivity contribution in [2.75, 3.05) is 19.0 Å². The fourth-order valence-corrected chi connectivity index (χ4v) is 0.848. The third-order valence-corrected chi connectivity index (χ3v) is 1.38. The Labute approximate surface area is 94.5 Å². The molecule has 0 rings (SSSR count). The molecule has 88 valence electrons. The van der Waals surface area contributed by atoms with Crippen LogP contribution in [0.15, 0.2) is 0 Å². The Morgan fingerprint density at radius 1 is 1.27 bits per heavy atom. The molecule has 0 spiro atoms. The van der Waals surface area contributed by atoms with E-state index in [9.17, 15) is 9.59 Å². The van der Waals surface area contributed by atoms with Crippen molar-refractivity contribution in [3.05, 3.63) is 0 Å². The maximum Gasteiger partial charge on any atom is 0.325 e. The van der Waals surface area contributed by atoms with Gasteiger partial charge in [-0.25, -0.2) is 4.79 Å². The molecule has 2 amide bonds. The van der Waals surface area contributed by atoms with Crippen molar-refractivity contribution in [1.82, 2.24) is 10.6 Å². The first kappa shape index (κ1) is 14.0. The molecule has 0 aliphatic rings. The molecule has 0 bridgehead atoms. The zero-order valence-electron chi connectivity index (χ0n) is 9.22. The smallest absolute Gasteiger partial charge is 0.325 e. The highest BCUT2D eigenvalue weighted by atomic mass is 35.5. The maximum atomic E-state index is 11.1. The highest BCUT2D eigenvalue weighted by Crippen LogP contribution is 2.05. The molecule has 0 fully saturated rings. The van der Waals surface area contributed by atoms with Gasteiger partial charge in [-0.2, -0.15) is 0 Å². The van der Waals surface area contributed by atoms with Gasteiger partial charge in [-0.05, 0) is 20.8 Å². The highest BCUT2D eigenvalue weighted by molar-refractivity contribution is 6.18. The number of halogens is 1. The highest BCUT2D eigenvalue weighted by Gasteiger charge is 2.16. The van der Waals surface area contributed by atoms with Crippen molar-refractivity contribution in [2.45, 2.75) is 26.4 Å². The Morgan fingerprint density at radius 3 is 2.33 bits per heavy atom. The van der Waals surface area contributed by atoms with E-state index in [0.717, 1.165) is 0 Å². The van der Waals surface area contributed by atoms with Crippen LogP contribution in [0, 0.1) is 0 Å². The van der Waals surface area contributed by atoms with Crippen molar-refractivity contribution < 1.29 is 14.3 Å². The van der Waals surface area contributed by atoms with Crippen LogP contribution in [0.2, 0.25) is 0 Å². The van der Waals surface area contributed by atoms with Gasteiger partial charge in [0.05, 0.1) is 0 Å². The fraction of sp³-hybridized carbons (Fsp3) is 0.778. The van der Waals surface area contributed by atoms with E-state index < -0.39 is 17.6 Å². The summed E-state index contributed by atoms with van der Waals surface area (Å²) >= 11 is 5.36. The molecule has 0 radical (unpaired) electrons. The molecule has 0 atom stereocenters. The first-order chi connectivity index (χ1) is 6.85. The molecule has 6 heteroatoms. The molecule has 0 aromatic rings. The molecule has 0 saturated heterocycles. The molecule has 0 aromatic carbocycles. The number of esters is 1. The van der Waals surface area contributed by atoms with Crippen molar-refractivity contribution in [3.8, 4) is 0 Å². The standard InChI is InChI=1S/C9H17ClN2O3/c1-9(2,3)15-7(13)6-12-8(14)11-5-4-10/h4-6H2,1-3H3,(H2,11,12,14). The predicted molar refractivity (Wildman–Crippen MR) is 58.0 cm³/mol. The molecule has 0 heterocycles. The number of carbonyl (C=O) groups excluding carboxylic acids is 2. The first-order valence-corrected chi connectivity index (χ1v) is 5.18. The molecule has 0 aromatic heterocycles. The topological polar surface area (TPSA) is 67.4 Å². The molecule has 0 unspecified atom stereocenters. The minimum Gasteiger partial charge on any atom is -0.459 e. The first-order valence-electron chi connectivity index (χ1n) is 4.64. The molecule has 5 nitrogen and oxygen atoms in total. The van der Waals surface area contributed by atoms with E-state index in [4.69, 9.17) is 16.3 Å². The fourth-order valence-electron chi connectivity index (χ4n) is 0.753. The van der Waals surface area contributed by atoms with E-state index in [2.05, 4.69) is 10.6 Å². The number of ether oxygens (including phenoxy) is 1. The Balaban J connectivity index is 3.67. The zero-order valence-corrected chi connectivity index (χ0v) is 9.98. The van der Waals surface area contributed by atoms with Crippen LogP contribution in [0.25, 0.3) is 0 Å². The van der Waals surface area contributed by atoms with E-state index in [1.807, 2.05) is 0 Å². The second-order valence-corrected chi connectivity index (χ2v) is 4.26. The van der Waals surface area contributed by atoms with E-state index in [1.54, 1.807) is 20.8 Å². The number of hydrogen-bond donors (Lipinski definition) is 2. The van der Waals surface area contributed by atoms with Gasteiger partial charge in [0, 0.05) is 12.4 Å². The van der Waals surface area contributed by atoms with Crippen LogP contribution in [0.5, 0.6) is 0 Å². The summed E-state index contributed by atoms with van der Waals surface area (Å²) in [5, 5.41) is 4.82. The number of nitrogens with one attached hydrogen (secondary N) is 2. The summed E-state index contributed by atoms with van der Waals surface area (Å²) in [6.07, 6.45) is 0. The summed E-state index contributed by atoms with van der Waals surface area (Å²) in [7, 11) is 0. The van der Waals surface area contributed by atoms with Gasteiger partial charge in [0.25, 0.3) is 0 Å². The lowest BCUT2D eigenvalue weighted by Gasteiger charge is -2.19. The summed E-state index contributed by atoms with van der Waals surface area (Å²) in [6, 6.07) is -0.429. The number of alkyl halides is 1. The maximum absolute atomic E-state index is 11.1. The van der Waals surface area contributed by atoms with Crippen LogP contribution >= 0.6 is 11.6 Å². The van der Waals surface area contributed by atoms with Crippen molar-refractivity contribution >= 4 is 23.6 Å². The van der Waals surface area contributed by atoms with Crippen LogP contribution in [-0.4, -0.2) is 36.6 Å². The van der Waals surface area contributed by atoms with Gasteiger partial charge < -0.3 is 15.4 Å². The van der Waals surface area contributed by atoms with E-state index in [1.165, 1.54) is 0 Å². The predicted octanol–water partition coefficient (Wildman–Crippen LogP) is 0.866. The third-order valence-electron chi connectivity index (χ3n) is 1.19. The number of amides is 2. The summed E-state index contributed by atoms with van der Waals surface area (Å²) in [6.45, 7) is 5.50. The lowest BCUT2D eigenvalue weighted by molar-refractivity contribution is -0.153. The second-order valence-electron chi connectivity index (χ2n) is 3.88. The van der Waals surface area contributed by atoms with Gasteiger partial charge in [0.15, 0.2) is 0 Å². The van der Waals surface area contributed by atoms with Gasteiger partial charge >= 0.3 is 12.0 Å². The van der Waals surface area contributed by atoms with Crippen LogP contribution in [0.4, 0.5) is 4.79 Å². The Morgan fingerprint density at radius 2 is 1.87 bits per heavy atom. The number of rotatable bonds is 4. The minimum atomic E-state index is -0.536. The summed E-state index contributed by atoms with van der Waals surface area (Å²) < 4.78 is 4.99. The van der Waals surface area contributed by atoms with Crippen LogP contribution in [-0.2, 0) is 9.53 Å². The van der Waals surface area contributed by atoms with Gasteiger partial charge in [-0.3, -0.25) is 4.79 Å². The van der Waals surface area contributed by atoms with Crippen LogP contribution in [0.3, 0.4) is 0 Å². The SMILES string of the molecule is CC(C)(C)OC(=O)CNC(=O)NCCCl. The van der Waals surface area contributed by atoms with Gasteiger partial charge in [0.2, 0.25) is 0 Å². The van der Waals surface area contributed by atoms with Gasteiger partial charge in [0.1, 0.15) is 12.1 Å².